The van der Waals surface area contributed by atoms with Crippen LogP contribution in [0, 0.1) is 0 Å². The molecule has 3 aromatic rings. The maximum atomic E-state index is 12.6. The fraction of sp³-hybridized carbons (Fsp3) is 0.286. The molecule has 0 spiro atoms. The van der Waals surface area contributed by atoms with Gasteiger partial charge in [-0.2, -0.15) is 9.78 Å². The molecular weight excluding hydrogens is 374 g/mol. The topological polar surface area (TPSA) is 63.1 Å². The molecule has 0 amide bonds. The van der Waals surface area contributed by atoms with Gasteiger partial charge in [0.25, 0.3) is 5.56 Å². The molecule has 0 atom stereocenters. The summed E-state index contributed by atoms with van der Waals surface area (Å²) in [5.74, 6) is 1.00. The van der Waals surface area contributed by atoms with Crippen molar-refractivity contribution < 1.29 is 0 Å². The Bertz CT molecular complexity index is 999. The minimum absolute atomic E-state index is 0.129. The van der Waals surface area contributed by atoms with E-state index in [0.717, 1.165) is 24.5 Å². The normalized spacial score (nSPS) is 14.1. The average Bonchev–Trinajstić information content (AvgIpc) is 2.76. The Morgan fingerprint density at radius 1 is 1.07 bits per heavy atom. The Labute approximate surface area is 168 Å². The van der Waals surface area contributed by atoms with Gasteiger partial charge in [0.2, 0.25) is 0 Å². The van der Waals surface area contributed by atoms with Crippen LogP contribution >= 0.6 is 11.6 Å². The Hall–Kier alpha value is -2.86. The van der Waals surface area contributed by atoms with Gasteiger partial charge in [-0.1, -0.05) is 29.8 Å². The SMILES string of the molecule is O=c1c(Cl)c(NCc2ccnc(N3CCCCC3)c2)cnn1-c1ccccc1. The molecule has 1 aromatic carbocycles. The third kappa shape index (κ3) is 4.02. The van der Waals surface area contributed by atoms with Gasteiger partial charge < -0.3 is 10.2 Å². The molecule has 1 fully saturated rings. The summed E-state index contributed by atoms with van der Waals surface area (Å²) in [7, 11) is 0. The summed E-state index contributed by atoms with van der Waals surface area (Å²) in [6, 6.07) is 13.3. The van der Waals surface area contributed by atoms with E-state index in [-0.39, 0.29) is 10.6 Å². The number of piperidine rings is 1. The molecule has 1 aliphatic heterocycles. The highest BCUT2D eigenvalue weighted by molar-refractivity contribution is 6.32. The van der Waals surface area contributed by atoms with Crippen LogP contribution in [0.5, 0.6) is 0 Å². The summed E-state index contributed by atoms with van der Waals surface area (Å²) in [4.78, 5) is 19.4. The second-order valence-corrected chi connectivity index (χ2v) is 7.23. The lowest BCUT2D eigenvalue weighted by Crippen LogP contribution is -2.30. The molecule has 0 bridgehead atoms. The van der Waals surface area contributed by atoms with Crippen molar-refractivity contribution in [2.75, 3.05) is 23.3 Å². The molecule has 1 aliphatic rings. The summed E-state index contributed by atoms with van der Waals surface area (Å²) in [6.45, 7) is 2.65. The first-order valence-electron chi connectivity index (χ1n) is 9.49. The van der Waals surface area contributed by atoms with Gasteiger partial charge in [-0.25, -0.2) is 4.98 Å². The molecule has 7 heteroatoms. The number of anilines is 2. The average molecular weight is 396 g/mol. The second-order valence-electron chi connectivity index (χ2n) is 6.85. The summed E-state index contributed by atoms with van der Waals surface area (Å²) in [5.41, 5.74) is 1.94. The highest BCUT2D eigenvalue weighted by Gasteiger charge is 2.13. The van der Waals surface area contributed by atoms with Gasteiger partial charge in [0.1, 0.15) is 10.8 Å². The second kappa shape index (κ2) is 8.44. The van der Waals surface area contributed by atoms with Crippen molar-refractivity contribution in [2.24, 2.45) is 0 Å². The van der Waals surface area contributed by atoms with Gasteiger partial charge in [0.05, 0.1) is 17.6 Å². The van der Waals surface area contributed by atoms with E-state index in [0.29, 0.717) is 17.9 Å². The van der Waals surface area contributed by atoms with E-state index < -0.39 is 0 Å². The summed E-state index contributed by atoms with van der Waals surface area (Å²) in [5, 5.41) is 7.60. The number of pyridine rings is 1. The first-order chi connectivity index (χ1) is 13.7. The molecule has 1 N–H and O–H groups in total. The van der Waals surface area contributed by atoms with E-state index in [1.807, 2.05) is 42.6 Å². The number of para-hydroxylation sites is 1. The number of nitrogens with one attached hydrogen (secondary N) is 1. The van der Waals surface area contributed by atoms with E-state index in [9.17, 15) is 4.79 Å². The van der Waals surface area contributed by atoms with Crippen LogP contribution in [-0.2, 0) is 6.54 Å². The summed E-state index contributed by atoms with van der Waals surface area (Å²) >= 11 is 6.31. The number of hydrogen-bond acceptors (Lipinski definition) is 5. The molecule has 6 nitrogen and oxygen atoms in total. The molecule has 4 rings (SSSR count). The van der Waals surface area contributed by atoms with Crippen molar-refractivity contribution in [3.63, 3.8) is 0 Å². The largest absolute Gasteiger partial charge is 0.378 e. The van der Waals surface area contributed by atoms with Crippen LogP contribution < -0.4 is 15.8 Å². The maximum Gasteiger partial charge on any atom is 0.292 e. The van der Waals surface area contributed by atoms with Crippen LogP contribution in [0.15, 0.2) is 59.7 Å². The number of halogens is 1. The van der Waals surface area contributed by atoms with Crippen LogP contribution in [0.25, 0.3) is 5.69 Å². The van der Waals surface area contributed by atoms with Crippen LogP contribution in [0.3, 0.4) is 0 Å². The summed E-state index contributed by atoms with van der Waals surface area (Å²) in [6.07, 6.45) is 7.13. The predicted molar refractivity (Wildman–Crippen MR) is 112 cm³/mol. The van der Waals surface area contributed by atoms with Crippen molar-refractivity contribution >= 4 is 23.1 Å². The lowest BCUT2D eigenvalue weighted by atomic mass is 10.1. The van der Waals surface area contributed by atoms with Crippen molar-refractivity contribution in [3.05, 3.63) is 75.8 Å². The Balaban J connectivity index is 1.49. The third-order valence-corrected chi connectivity index (χ3v) is 5.26. The molecule has 1 saturated heterocycles. The van der Waals surface area contributed by atoms with E-state index in [1.165, 1.54) is 23.9 Å². The third-order valence-electron chi connectivity index (χ3n) is 4.89. The highest BCUT2D eigenvalue weighted by atomic mass is 35.5. The molecule has 0 radical (unpaired) electrons. The van der Waals surface area contributed by atoms with Crippen LogP contribution in [-0.4, -0.2) is 27.9 Å². The minimum atomic E-state index is -0.346. The van der Waals surface area contributed by atoms with Crippen LogP contribution in [0.2, 0.25) is 5.02 Å². The van der Waals surface area contributed by atoms with Gasteiger partial charge >= 0.3 is 0 Å². The minimum Gasteiger partial charge on any atom is -0.378 e. The number of rotatable bonds is 5. The Morgan fingerprint density at radius 2 is 1.86 bits per heavy atom. The molecule has 3 heterocycles. The quantitative estimate of drug-likeness (QED) is 0.710. The molecular formula is C21H22ClN5O. The van der Waals surface area contributed by atoms with Crippen molar-refractivity contribution in [1.29, 1.82) is 0 Å². The first-order valence-corrected chi connectivity index (χ1v) is 9.87. The summed E-state index contributed by atoms with van der Waals surface area (Å²) < 4.78 is 1.30. The molecule has 0 unspecified atom stereocenters. The van der Waals surface area contributed by atoms with E-state index in [4.69, 9.17) is 11.6 Å². The van der Waals surface area contributed by atoms with Gasteiger partial charge in [0.15, 0.2) is 0 Å². The lowest BCUT2D eigenvalue weighted by Gasteiger charge is -2.28. The number of aromatic nitrogens is 3. The van der Waals surface area contributed by atoms with Gasteiger partial charge in [0, 0.05) is 25.8 Å². The van der Waals surface area contributed by atoms with Crippen molar-refractivity contribution in [2.45, 2.75) is 25.8 Å². The van der Waals surface area contributed by atoms with E-state index in [2.05, 4.69) is 26.4 Å². The van der Waals surface area contributed by atoms with Crippen molar-refractivity contribution in [1.82, 2.24) is 14.8 Å². The number of nitrogens with zero attached hydrogens (tertiary/aromatic N) is 4. The zero-order chi connectivity index (χ0) is 19.3. The fourth-order valence-electron chi connectivity index (χ4n) is 3.37. The smallest absolute Gasteiger partial charge is 0.292 e. The number of hydrogen-bond donors (Lipinski definition) is 1. The molecule has 28 heavy (non-hydrogen) atoms. The lowest BCUT2D eigenvalue weighted by molar-refractivity contribution is 0.573. The standard InChI is InChI=1S/C21H22ClN5O/c22-20-18(15-25-27(21(20)28)17-7-3-1-4-8-17)24-14-16-9-10-23-19(13-16)26-11-5-2-6-12-26/h1,3-4,7-10,13,15,24H,2,5-6,11-12,14H2. The molecule has 144 valence electrons. The Morgan fingerprint density at radius 3 is 2.64 bits per heavy atom. The monoisotopic (exact) mass is 395 g/mol. The molecule has 0 aliphatic carbocycles. The van der Waals surface area contributed by atoms with E-state index in [1.54, 1.807) is 6.20 Å². The zero-order valence-electron chi connectivity index (χ0n) is 15.5. The predicted octanol–water partition coefficient (Wildman–Crippen LogP) is 3.88. The van der Waals surface area contributed by atoms with E-state index >= 15 is 0 Å². The molecule has 2 aromatic heterocycles. The van der Waals surface area contributed by atoms with Gasteiger partial charge in [-0.3, -0.25) is 4.79 Å². The highest BCUT2D eigenvalue weighted by Crippen LogP contribution is 2.21. The first kappa shape index (κ1) is 18.5. The van der Waals surface area contributed by atoms with Gasteiger partial charge in [-0.15, -0.1) is 0 Å². The maximum absolute atomic E-state index is 12.6. The Kier molecular flexibility index (Phi) is 5.58. The van der Waals surface area contributed by atoms with Crippen LogP contribution in [0.4, 0.5) is 11.5 Å². The zero-order valence-corrected chi connectivity index (χ0v) is 16.3. The van der Waals surface area contributed by atoms with Crippen molar-refractivity contribution in [3.8, 4) is 5.69 Å². The molecule has 0 saturated carbocycles. The van der Waals surface area contributed by atoms with Crippen LogP contribution in [0.1, 0.15) is 24.8 Å². The van der Waals surface area contributed by atoms with Gasteiger partial charge in [-0.05, 0) is 49.1 Å². The number of benzene rings is 1. The fourth-order valence-corrected chi connectivity index (χ4v) is 3.57.